The number of nitrogen functional groups attached to an aromatic ring is 1. The molecule has 1 heterocycles. The van der Waals surface area contributed by atoms with Crippen molar-refractivity contribution in [3.63, 3.8) is 0 Å². The molecule has 0 saturated heterocycles. The number of aromatic nitrogens is 1. The van der Waals surface area contributed by atoms with E-state index >= 15 is 0 Å². The van der Waals surface area contributed by atoms with Gasteiger partial charge in [-0.2, -0.15) is 0 Å². The number of nitrogens with two attached hydrogens (primary N) is 1. The fourth-order valence-electron chi connectivity index (χ4n) is 1.82. The molecule has 0 fully saturated rings. The lowest BCUT2D eigenvalue weighted by molar-refractivity contribution is 0.0527. The molecule has 3 N–H and O–H groups in total. The Morgan fingerprint density at radius 1 is 1.43 bits per heavy atom. The second-order valence-corrected chi connectivity index (χ2v) is 4.43. The highest BCUT2D eigenvalue weighted by atomic mass is 19.1. The molecular weight excluding hydrogens is 273 g/mol. The van der Waals surface area contributed by atoms with Crippen LogP contribution < -0.4 is 11.1 Å². The van der Waals surface area contributed by atoms with Gasteiger partial charge in [-0.3, -0.25) is 0 Å². The average Bonchev–Trinajstić information content (AvgIpc) is 2.45. The van der Waals surface area contributed by atoms with Crippen LogP contribution in [0.3, 0.4) is 0 Å². The number of anilines is 3. The van der Waals surface area contributed by atoms with Crippen molar-refractivity contribution in [3.8, 4) is 0 Å². The fraction of sp³-hybridized carbons (Fsp3) is 0.200. The number of nitrogens with one attached hydrogen (secondary N) is 1. The Labute approximate surface area is 121 Å². The van der Waals surface area contributed by atoms with E-state index in [1.807, 2.05) is 6.92 Å². The molecule has 2 aromatic rings. The third-order valence-electron chi connectivity index (χ3n) is 2.94. The normalized spacial score (nSPS) is 10.2. The molecule has 0 aliphatic heterocycles. The highest BCUT2D eigenvalue weighted by Crippen LogP contribution is 2.26. The van der Waals surface area contributed by atoms with Gasteiger partial charge >= 0.3 is 5.97 Å². The predicted octanol–water partition coefficient (Wildman–Crippen LogP) is 3.03. The maximum atomic E-state index is 13.3. The van der Waals surface area contributed by atoms with Crippen molar-refractivity contribution >= 4 is 23.2 Å². The van der Waals surface area contributed by atoms with Crippen molar-refractivity contribution in [3.05, 3.63) is 47.4 Å². The number of rotatable bonds is 4. The van der Waals surface area contributed by atoms with E-state index < -0.39 is 5.97 Å². The summed E-state index contributed by atoms with van der Waals surface area (Å²) in [5.41, 5.74) is 7.69. The van der Waals surface area contributed by atoms with Crippen molar-refractivity contribution in [2.45, 2.75) is 13.8 Å². The first-order valence-electron chi connectivity index (χ1n) is 6.47. The Balaban J connectivity index is 2.35. The Bertz CT molecular complexity index is 674. The highest BCUT2D eigenvalue weighted by Gasteiger charge is 2.15. The van der Waals surface area contributed by atoms with E-state index in [1.54, 1.807) is 13.0 Å². The summed E-state index contributed by atoms with van der Waals surface area (Å²) in [6, 6.07) is 5.83. The molecule has 21 heavy (non-hydrogen) atoms. The quantitative estimate of drug-likeness (QED) is 0.846. The maximum Gasteiger partial charge on any atom is 0.340 e. The molecule has 0 saturated carbocycles. The van der Waals surface area contributed by atoms with Gasteiger partial charge in [-0.15, -0.1) is 0 Å². The highest BCUT2D eigenvalue weighted by molar-refractivity contribution is 5.98. The van der Waals surface area contributed by atoms with E-state index in [0.29, 0.717) is 5.69 Å². The van der Waals surface area contributed by atoms with Crippen LogP contribution in [0.4, 0.5) is 21.6 Å². The lowest BCUT2D eigenvalue weighted by atomic mass is 10.2. The molecule has 0 amide bonds. The number of pyridine rings is 1. The van der Waals surface area contributed by atoms with Crippen LogP contribution in [-0.2, 0) is 4.74 Å². The molecule has 1 aromatic heterocycles. The number of benzene rings is 1. The van der Waals surface area contributed by atoms with Gasteiger partial charge in [-0.25, -0.2) is 14.2 Å². The van der Waals surface area contributed by atoms with Crippen LogP contribution in [0.1, 0.15) is 22.8 Å². The van der Waals surface area contributed by atoms with Crippen LogP contribution in [0.5, 0.6) is 0 Å². The van der Waals surface area contributed by atoms with Crippen LogP contribution in [0, 0.1) is 12.7 Å². The van der Waals surface area contributed by atoms with Gasteiger partial charge in [0.25, 0.3) is 0 Å². The number of esters is 1. The molecule has 5 nitrogen and oxygen atoms in total. The van der Waals surface area contributed by atoms with Gasteiger partial charge in [0.15, 0.2) is 5.82 Å². The number of carbonyl (C=O) groups excluding carboxylic acids is 1. The monoisotopic (exact) mass is 289 g/mol. The Hall–Kier alpha value is -2.63. The Morgan fingerprint density at radius 2 is 2.19 bits per heavy atom. The molecule has 0 bridgehead atoms. The molecule has 110 valence electrons. The summed E-state index contributed by atoms with van der Waals surface area (Å²) in [5.74, 6) is -0.603. The molecule has 6 heteroatoms. The van der Waals surface area contributed by atoms with E-state index in [1.165, 1.54) is 24.4 Å². The number of nitrogens with zero attached hydrogens (tertiary/aromatic N) is 1. The third-order valence-corrected chi connectivity index (χ3v) is 2.94. The fourth-order valence-corrected chi connectivity index (χ4v) is 1.82. The number of hydrogen-bond acceptors (Lipinski definition) is 5. The smallest absolute Gasteiger partial charge is 0.340 e. The number of halogens is 1. The van der Waals surface area contributed by atoms with Gasteiger partial charge in [-0.1, -0.05) is 6.07 Å². The van der Waals surface area contributed by atoms with Crippen LogP contribution in [0.2, 0.25) is 0 Å². The van der Waals surface area contributed by atoms with Gasteiger partial charge in [0.1, 0.15) is 5.82 Å². The summed E-state index contributed by atoms with van der Waals surface area (Å²) >= 11 is 0. The maximum absolute atomic E-state index is 13.3. The zero-order valence-corrected chi connectivity index (χ0v) is 11.8. The van der Waals surface area contributed by atoms with Crippen molar-refractivity contribution in [1.82, 2.24) is 4.98 Å². The van der Waals surface area contributed by atoms with Gasteiger partial charge < -0.3 is 15.8 Å². The molecule has 0 radical (unpaired) electrons. The molecule has 0 aliphatic carbocycles. The summed E-state index contributed by atoms with van der Waals surface area (Å²) in [6.07, 6.45) is 1.44. The first-order valence-corrected chi connectivity index (χ1v) is 6.47. The summed E-state index contributed by atoms with van der Waals surface area (Å²) in [7, 11) is 0. The summed E-state index contributed by atoms with van der Waals surface area (Å²) < 4.78 is 18.2. The molecular formula is C15H16FN3O2. The minimum Gasteiger partial charge on any atom is -0.462 e. The lowest BCUT2D eigenvalue weighted by Crippen LogP contribution is -2.10. The van der Waals surface area contributed by atoms with Gasteiger partial charge in [-0.05, 0) is 37.6 Å². The lowest BCUT2D eigenvalue weighted by Gasteiger charge is -2.13. The van der Waals surface area contributed by atoms with Crippen LogP contribution in [-0.4, -0.2) is 17.6 Å². The largest absolute Gasteiger partial charge is 0.462 e. The molecule has 1 aromatic carbocycles. The first-order chi connectivity index (χ1) is 10.0. The number of aryl methyl sites for hydroxylation is 1. The van der Waals surface area contributed by atoms with Gasteiger partial charge in [0.2, 0.25) is 0 Å². The summed E-state index contributed by atoms with van der Waals surface area (Å²) in [6.45, 7) is 3.80. The van der Waals surface area contributed by atoms with Crippen molar-refractivity contribution in [1.29, 1.82) is 0 Å². The van der Waals surface area contributed by atoms with E-state index in [4.69, 9.17) is 10.5 Å². The minimum atomic E-state index is -0.517. The molecule has 0 spiro atoms. The zero-order chi connectivity index (χ0) is 15.4. The first kappa shape index (κ1) is 14.8. The van der Waals surface area contributed by atoms with Gasteiger partial charge in [0, 0.05) is 11.9 Å². The van der Waals surface area contributed by atoms with Crippen LogP contribution in [0.25, 0.3) is 0 Å². The standard InChI is InChI=1S/C15H16FN3O2/c1-3-21-15(20)11-6-7-18-14(13(11)17)19-12-8-10(16)5-4-9(12)2/h4-8H,3,17H2,1-2H3,(H,18,19). The van der Waals surface area contributed by atoms with Crippen molar-refractivity contribution in [2.24, 2.45) is 0 Å². The SMILES string of the molecule is CCOC(=O)c1ccnc(Nc2cc(F)ccc2C)c1N. The second-order valence-electron chi connectivity index (χ2n) is 4.43. The third kappa shape index (κ3) is 3.28. The van der Waals surface area contributed by atoms with Crippen molar-refractivity contribution in [2.75, 3.05) is 17.7 Å². The molecule has 0 aliphatic rings. The zero-order valence-electron chi connectivity index (χ0n) is 11.8. The van der Waals surface area contributed by atoms with E-state index in [2.05, 4.69) is 10.3 Å². The van der Waals surface area contributed by atoms with Crippen LogP contribution >= 0.6 is 0 Å². The number of ether oxygens (including phenoxy) is 1. The van der Waals surface area contributed by atoms with Crippen molar-refractivity contribution < 1.29 is 13.9 Å². The Kier molecular flexibility index (Phi) is 4.37. The van der Waals surface area contributed by atoms with E-state index in [-0.39, 0.29) is 29.5 Å². The molecule has 2 rings (SSSR count). The molecule has 0 atom stereocenters. The average molecular weight is 289 g/mol. The number of hydrogen-bond donors (Lipinski definition) is 2. The predicted molar refractivity (Wildman–Crippen MR) is 79.0 cm³/mol. The second kappa shape index (κ2) is 6.21. The Morgan fingerprint density at radius 3 is 2.90 bits per heavy atom. The summed E-state index contributed by atoms with van der Waals surface area (Å²) in [4.78, 5) is 15.9. The number of carbonyl (C=O) groups is 1. The van der Waals surface area contributed by atoms with Gasteiger partial charge in [0.05, 0.1) is 17.9 Å². The summed E-state index contributed by atoms with van der Waals surface area (Å²) in [5, 5.41) is 2.93. The minimum absolute atomic E-state index is 0.166. The molecule has 0 unspecified atom stereocenters. The van der Waals surface area contributed by atoms with E-state index in [9.17, 15) is 9.18 Å². The van der Waals surface area contributed by atoms with Crippen LogP contribution in [0.15, 0.2) is 30.5 Å². The topological polar surface area (TPSA) is 77.2 Å². The van der Waals surface area contributed by atoms with E-state index in [0.717, 1.165) is 5.56 Å².